The largest absolute Gasteiger partial charge is 0.478 e. The second-order valence-corrected chi connectivity index (χ2v) is 5.15. The lowest BCUT2D eigenvalue weighted by atomic mass is 10.1. The van der Waals surface area contributed by atoms with Gasteiger partial charge in [-0.2, -0.15) is 0 Å². The van der Waals surface area contributed by atoms with Crippen LogP contribution in [0.3, 0.4) is 0 Å². The van der Waals surface area contributed by atoms with E-state index in [-0.39, 0.29) is 17.9 Å². The number of hydrogen-bond donors (Lipinski definition) is 2. The van der Waals surface area contributed by atoms with Crippen LogP contribution in [-0.2, 0) is 11.2 Å². The highest BCUT2D eigenvalue weighted by atomic mass is 79.9. The van der Waals surface area contributed by atoms with E-state index in [1.807, 2.05) is 24.3 Å². The van der Waals surface area contributed by atoms with Crippen LogP contribution >= 0.6 is 15.9 Å². The van der Waals surface area contributed by atoms with Crippen molar-refractivity contribution < 1.29 is 14.7 Å². The minimum absolute atomic E-state index is 0.143. The number of carbonyl (C=O) groups excluding carboxylic acids is 1. The van der Waals surface area contributed by atoms with Gasteiger partial charge in [-0.25, -0.2) is 4.79 Å². The monoisotopic (exact) mass is 333 g/mol. The third-order valence-corrected chi connectivity index (χ3v) is 3.22. The molecule has 2 N–H and O–H groups in total. The number of anilines is 1. The van der Waals surface area contributed by atoms with E-state index in [1.165, 1.54) is 12.1 Å². The third-order valence-electron chi connectivity index (χ3n) is 2.69. The van der Waals surface area contributed by atoms with Crippen molar-refractivity contribution in [3.63, 3.8) is 0 Å². The van der Waals surface area contributed by atoms with E-state index in [1.54, 1.807) is 12.1 Å². The predicted octanol–water partition coefficient (Wildman–Crippen LogP) is 3.33. The molecule has 20 heavy (non-hydrogen) atoms. The fourth-order valence-corrected chi connectivity index (χ4v) is 1.95. The van der Waals surface area contributed by atoms with Crippen LogP contribution in [-0.4, -0.2) is 17.0 Å². The summed E-state index contributed by atoms with van der Waals surface area (Å²) in [6, 6.07) is 13.6. The van der Waals surface area contributed by atoms with Crippen LogP contribution < -0.4 is 5.32 Å². The molecule has 2 rings (SSSR count). The Hall–Kier alpha value is -2.14. The molecule has 0 bridgehead atoms. The maximum absolute atomic E-state index is 11.8. The Morgan fingerprint density at radius 1 is 1.00 bits per heavy atom. The predicted molar refractivity (Wildman–Crippen MR) is 79.9 cm³/mol. The number of amides is 1. The second kappa shape index (κ2) is 6.34. The van der Waals surface area contributed by atoms with Gasteiger partial charge in [-0.1, -0.05) is 28.1 Å². The van der Waals surface area contributed by atoms with Crippen molar-refractivity contribution >= 4 is 33.5 Å². The van der Waals surface area contributed by atoms with Crippen LogP contribution in [0, 0.1) is 0 Å². The van der Waals surface area contributed by atoms with Gasteiger partial charge in [-0.05, 0) is 42.0 Å². The lowest BCUT2D eigenvalue weighted by molar-refractivity contribution is -0.115. The summed E-state index contributed by atoms with van der Waals surface area (Å²) in [5.74, 6) is -1.13. The molecule has 2 aromatic rings. The normalized spacial score (nSPS) is 10.1. The average molecular weight is 334 g/mol. The molecule has 0 aromatic heterocycles. The first-order chi connectivity index (χ1) is 9.54. The van der Waals surface area contributed by atoms with E-state index in [9.17, 15) is 9.59 Å². The van der Waals surface area contributed by atoms with Crippen LogP contribution in [0.5, 0.6) is 0 Å². The van der Waals surface area contributed by atoms with Gasteiger partial charge < -0.3 is 10.4 Å². The highest BCUT2D eigenvalue weighted by Crippen LogP contribution is 2.13. The fourth-order valence-electron chi connectivity index (χ4n) is 1.69. The van der Waals surface area contributed by atoms with Gasteiger partial charge in [0, 0.05) is 10.2 Å². The SMILES string of the molecule is O=C(Cc1ccc(Br)cc1)Nc1ccc(C(=O)O)cc1. The molecular formula is C15H12BrNO3. The zero-order chi connectivity index (χ0) is 14.5. The Morgan fingerprint density at radius 2 is 1.60 bits per heavy atom. The van der Waals surface area contributed by atoms with Gasteiger partial charge in [0.05, 0.1) is 12.0 Å². The Labute approximate surface area is 124 Å². The summed E-state index contributed by atoms with van der Waals surface area (Å²) in [5.41, 5.74) is 1.68. The van der Waals surface area contributed by atoms with Crippen LogP contribution in [0.1, 0.15) is 15.9 Å². The average Bonchev–Trinajstić information content (AvgIpc) is 2.42. The molecule has 4 nitrogen and oxygen atoms in total. The van der Waals surface area contributed by atoms with Crippen molar-refractivity contribution in [1.82, 2.24) is 0 Å². The number of benzene rings is 2. The van der Waals surface area contributed by atoms with E-state index in [2.05, 4.69) is 21.2 Å². The molecule has 0 unspecified atom stereocenters. The van der Waals surface area contributed by atoms with Crippen LogP contribution in [0.15, 0.2) is 53.0 Å². The molecule has 0 saturated heterocycles. The van der Waals surface area contributed by atoms with Crippen molar-refractivity contribution in [3.8, 4) is 0 Å². The molecule has 0 aliphatic heterocycles. The highest BCUT2D eigenvalue weighted by molar-refractivity contribution is 9.10. The Morgan fingerprint density at radius 3 is 2.15 bits per heavy atom. The van der Waals surface area contributed by atoms with Crippen molar-refractivity contribution in [2.75, 3.05) is 5.32 Å². The van der Waals surface area contributed by atoms with E-state index >= 15 is 0 Å². The summed E-state index contributed by atoms with van der Waals surface area (Å²) >= 11 is 3.34. The number of carboxylic acid groups (broad SMARTS) is 1. The van der Waals surface area contributed by atoms with Gasteiger partial charge in [0.2, 0.25) is 5.91 Å². The lowest BCUT2D eigenvalue weighted by Crippen LogP contribution is -2.14. The smallest absolute Gasteiger partial charge is 0.335 e. The third kappa shape index (κ3) is 3.93. The number of carboxylic acids is 1. The maximum Gasteiger partial charge on any atom is 0.335 e. The molecule has 0 spiro atoms. The van der Waals surface area contributed by atoms with E-state index in [0.717, 1.165) is 10.0 Å². The number of carbonyl (C=O) groups is 2. The number of halogens is 1. The molecule has 0 aliphatic rings. The number of nitrogens with one attached hydrogen (secondary N) is 1. The van der Waals surface area contributed by atoms with Crippen molar-refractivity contribution in [3.05, 3.63) is 64.1 Å². The number of hydrogen-bond acceptors (Lipinski definition) is 2. The summed E-state index contributed by atoms with van der Waals surface area (Å²) in [7, 11) is 0. The van der Waals surface area contributed by atoms with Gasteiger partial charge in [0.15, 0.2) is 0 Å². The zero-order valence-corrected chi connectivity index (χ0v) is 12.1. The van der Waals surface area contributed by atoms with Crippen LogP contribution in [0.4, 0.5) is 5.69 Å². The van der Waals surface area contributed by atoms with E-state index in [4.69, 9.17) is 5.11 Å². The van der Waals surface area contributed by atoms with Gasteiger partial charge >= 0.3 is 5.97 Å². The minimum atomic E-state index is -0.988. The molecule has 0 saturated carbocycles. The summed E-state index contributed by atoms with van der Waals surface area (Å²) < 4.78 is 0.964. The Balaban J connectivity index is 1.97. The van der Waals surface area contributed by atoms with Crippen molar-refractivity contribution in [1.29, 1.82) is 0 Å². The first kappa shape index (κ1) is 14.3. The zero-order valence-electron chi connectivity index (χ0n) is 10.5. The Bertz CT molecular complexity index is 621. The van der Waals surface area contributed by atoms with Gasteiger partial charge in [0.25, 0.3) is 0 Å². The fraction of sp³-hybridized carbons (Fsp3) is 0.0667. The summed E-state index contributed by atoms with van der Waals surface area (Å²) in [6.45, 7) is 0. The van der Waals surface area contributed by atoms with Gasteiger partial charge in [0.1, 0.15) is 0 Å². The standard InChI is InChI=1S/C15H12BrNO3/c16-12-5-1-10(2-6-12)9-14(18)17-13-7-3-11(4-8-13)15(19)20/h1-8H,9H2,(H,17,18)(H,19,20). The maximum atomic E-state index is 11.8. The minimum Gasteiger partial charge on any atom is -0.478 e. The number of aromatic carboxylic acids is 1. The quantitative estimate of drug-likeness (QED) is 0.901. The molecule has 0 atom stereocenters. The molecule has 0 fully saturated rings. The molecule has 1 amide bonds. The molecule has 0 aliphatic carbocycles. The molecule has 5 heteroatoms. The first-order valence-corrected chi connectivity index (χ1v) is 6.71. The van der Waals surface area contributed by atoms with Crippen LogP contribution in [0.25, 0.3) is 0 Å². The summed E-state index contributed by atoms with van der Waals surface area (Å²) in [4.78, 5) is 22.6. The van der Waals surface area contributed by atoms with E-state index in [0.29, 0.717) is 5.69 Å². The van der Waals surface area contributed by atoms with E-state index < -0.39 is 5.97 Å². The van der Waals surface area contributed by atoms with Gasteiger partial charge in [-0.15, -0.1) is 0 Å². The molecular weight excluding hydrogens is 322 g/mol. The van der Waals surface area contributed by atoms with Crippen LogP contribution in [0.2, 0.25) is 0 Å². The molecule has 102 valence electrons. The van der Waals surface area contributed by atoms with Crippen molar-refractivity contribution in [2.45, 2.75) is 6.42 Å². The lowest BCUT2D eigenvalue weighted by Gasteiger charge is -2.06. The topological polar surface area (TPSA) is 66.4 Å². The molecule has 2 aromatic carbocycles. The molecule has 0 heterocycles. The molecule has 0 radical (unpaired) electrons. The van der Waals surface area contributed by atoms with Gasteiger partial charge in [-0.3, -0.25) is 4.79 Å². The second-order valence-electron chi connectivity index (χ2n) is 4.23. The van der Waals surface area contributed by atoms with Crippen molar-refractivity contribution in [2.24, 2.45) is 0 Å². The number of rotatable bonds is 4. The summed E-state index contributed by atoms with van der Waals surface area (Å²) in [5, 5.41) is 11.5. The Kier molecular flexibility index (Phi) is 4.53. The highest BCUT2D eigenvalue weighted by Gasteiger charge is 2.06. The summed E-state index contributed by atoms with van der Waals surface area (Å²) in [6.07, 6.45) is 0.272. The first-order valence-electron chi connectivity index (χ1n) is 5.92.